The molecule has 0 radical (unpaired) electrons. The highest BCUT2D eigenvalue weighted by Crippen LogP contribution is 2.28. The summed E-state index contributed by atoms with van der Waals surface area (Å²) in [5, 5.41) is 4.57. The first-order chi connectivity index (χ1) is 12.5. The predicted octanol–water partition coefficient (Wildman–Crippen LogP) is 1.24. The van der Waals surface area contributed by atoms with Gasteiger partial charge in [0.2, 0.25) is 0 Å². The molecular weight excluding hydrogens is 352 g/mol. The fourth-order valence-electron chi connectivity index (χ4n) is 3.92. The summed E-state index contributed by atoms with van der Waals surface area (Å²) >= 11 is 0. The van der Waals surface area contributed by atoms with Crippen LogP contribution in [-0.4, -0.2) is 63.1 Å². The highest BCUT2D eigenvalue weighted by molar-refractivity contribution is 7.89. The Morgan fingerprint density at radius 2 is 2.04 bits per heavy atom. The normalized spacial score (nSPS) is 22.4. The Kier molecular flexibility index (Phi) is 4.85. The van der Waals surface area contributed by atoms with Crippen LogP contribution in [0.3, 0.4) is 0 Å². The Labute approximate surface area is 154 Å². The summed E-state index contributed by atoms with van der Waals surface area (Å²) in [6.07, 6.45) is 9.59. The summed E-state index contributed by atoms with van der Waals surface area (Å²) < 4.78 is 31.2. The van der Waals surface area contributed by atoms with E-state index in [0.29, 0.717) is 13.1 Å². The van der Waals surface area contributed by atoms with E-state index in [9.17, 15) is 8.42 Å². The zero-order valence-electron chi connectivity index (χ0n) is 15.2. The van der Waals surface area contributed by atoms with Crippen LogP contribution >= 0.6 is 0 Å². The Morgan fingerprint density at radius 1 is 1.23 bits per heavy atom. The van der Waals surface area contributed by atoms with Gasteiger partial charge in [-0.25, -0.2) is 13.4 Å². The summed E-state index contributed by atoms with van der Waals surface area (Å²) in [5.41, 5.74) is 0.944. The minimum Gasteiger partial charge on any atom is -0.339 e. The molecule has 0 N–H and O–H groups in total. The van der Waals surface area contributed by atoms with Crippen molar-refractivity contribution in [2.45, 2.75) is 43.3 Å². The van der Waals surface area contributed by atoms with E-state index in [-0.39, 0.29) is 11.1 Å². The van der Waals surface area contributed by atoms with Crippen LogP contribution in [0.1, 0.15) is 37.4 Å². The van der Waals surface area contributed by atoms with E-state index in [1.54, 1.807) is 28.3 Å². The van der Waals surface area contributed by atoms with Crippen LogP contribution in [0, 0.1) is 0 Å². The second kappa shape index (κ2) is 7.13. The SMILES string of the molecule is Cn1cnc(S(=O)(=O)N2Cc3ccnn3C(CCN3CCCCC3)C2)c1. The highest BCUT2D eigenvalue weighted by atomic mass is 32.2. The first-order valence-corrected chi connectivity index (χ1v) is 10.7. The number of fused-ring (bicyclic) bond motifs is 1. The topological polar surface area (TPSA) is 76.3 Å². The third-order valence-electron chi connectivity index (χ3n) is 5.36. The molecule has 1 unspecified atom stereocenters. The molecule has 1 fully saturated rings. The zero-order chi connectivity index (χ0) is 18.1. The van der Waals surface area contributed by atoms with Gasteiger partial charge in [0.15, 0.2) is 5.03 Å². The Hall–Kier alpha value is -1.71. The van der Waals surface area contributed by atoms with E-state index in [4.69, 9.17) is 0 Å². The van der Waals surface area contributed by atoms with Gasteiger partial charge in [-0.05, 0) is 38.4 Å². The molecule has 142 valence electrons. The van der Waals surface area contributed by atoms with Crippen LogP contribution in [-0.2, 0) is 23.6 Å². The average molecular weight is 379 g/mol. The molecule has 2 aromatic rings. The molecule has 0 amide bonds. The standard InChI is InChI=1S/C17H26N6O2S/c1-20-13-17(18-14-20)26(24,25)22-11-15-5-7-19-23(15)16(12-22)6-10-21-8-3-2-4-9-21/h5,7,13-14,16H,2-4,6,8-12H2,1H3. The van der Waals surface area contributed by atoms with Crippen molar-refractivity contribution in [3.63, 3.8) is 0 Å². The van der Waals surface area contributed by atoms with Gasteiger partial charge in [0.25, 0.3) is 10.0 Å². The third-order valence-corrected chi connectivity index (χ3v) is 7.06. The van der Waals surface area contributed by atoms with Gasteiger partial charge >= 0.3 is 0 Å². The van der Waals surface area contributed by atoms with Crippen LogP contribution in [0.15, 0.2) is 29.8 Å². The van der Waals surface area contributed by atoms with Crippen LogP contribution in [0.4, 0.5) is 0 Å². The van der Waals surface area contributed by atoms with E-state index in [1.807, 2.05) is 10.7 Å². The molecule has 0 aliphatic carbocycles. The molecule has 26 heavy (non-hydrogen) atoms. The molecule has 2 aromatic heterocycles. The van der Waals surface area contributed by atoms with Gasteiger partial charge in [-0.2, -0.15) is 9.40 Å². The van der Waals surface area contributed by atoms with Gasteiger partial charge in [-0.15, -0.1) is 0 Å². The van der Waals surface area contributed by atoms with Crippen molar-refractivity contribution in [3.05, 3.63) is 30.5 Å². The Morgan fingerprint density at radius 3 is 2.77 bits per heavy atom. The second-order valence-corrected chi connectivity index (χ2v) is 9.17. The minimum atomic E-state index is -3.59. The van der Waals surface area contributed by atoms with Crippen LogP contribution in [0.5, 0.6) is 0 Å². The van der Waals surface area contributed by atoms with Gasteiger partial charge in [0.1, 0.15) is 0 Å². The summed E-state index contributed by atoms with van der Waals surface area (Å²) in [6.45, 7) is 4.07. The molecule has 2 aliphatic rings. The lowest BCUT2D eigenvalue weighted by molar-refractivity contribution is 0.188. The summed E-state index contributed by atoms with van der Waals surface area (Å²) in [5.74, 6) is 0. The van der Waals surface area contributed by atoms with Crippen molar-refractivity contribution in [2.75, 3.05) is 26.2 Å². The number of nitrogens with zero attached hydrogens (tertiary/aromatic N) is 6. The van der Waals surface area contributed by atoms with E-state index in [1.165, 1.54) is 25.6 Å². The monoisotopic (exact) mass is 378 g/mol. The molecule has 1 atom stereocenters. The molecule has 9 heteroatoms. The number of aromatic nitrogens is 4. The number of hydrogen-bond acceptors (Lipinski definition) is 5. The summed E-state index contributed by atoms with van der Waals surface area (Å²) in [7, 11) is -1.81. The molecule has 2 aliphatic heterocycles. The maximum absolute atomic E-state index is 13.0. The zero-order valence-corrected chi connectivity index (χ0v) is 16.0. The van der Waals surface area contributed by atoms with E-state index in [2.05, 4.69) is 15.0 Å². The lowest BCUT2D eigenvalue weighted by atomic mass is 10.1. The van der Waals surface area contributed by atoms with Crippen LogP contribution < -0.4 is 0 Å². The smallest absolute Gasteiger partial charge is 0.262 e. The predicted molar refractivity (Wildman–Crippen MR) is 97.0 cm³/mol. The van der Waals surface area contributed by atoms with Crippen molar-refractivity contribution in [1.82, 2.24) is 28.5 Å². The molecule has 4 heterocycles. The second-order valence-electron chi connectivity index (χ2n) is 7.29. The molecule has 8 nitrogen and oxygen atoms in total. The molecule has 1 saturated heterocycles. The Balaban J connectivity index is 1.52. The first-order valence-electron chi connectivity index (χ1n) is 9.27. The molecule has 0 spiro atoms. The first kappa shape index (κ1) is 17.7. The number of rotatable bonds is 5. The average Bonchev–Trinajstić information content (AvgIpc) is 3.29. The third kappa shape index (κ3) is 3.43. The number of piperidine rings is 1. The van der Waals surface area contributed by atoms with E-state index >= 15 is 0 Å². The Bertz CT molecular complexity index is 852. The number of hydrogen-bond donors (Lipinski definition) is 0. The molecule has 0 aromatic carbocycles. The molecule has 0 saturated carbocycles. The highest BCUT2D eigenvalue weighted by Gasteiger charge is 2.35. The van der Waals surface area contributed by atoms with Crippen molar-refractivity contribution in [1.29, 1.82) is 0 Å². The minimum absolute atomic E-state index is 0.0640. The van der Waals surface area contributed by atoms with Crippen molar-refractivity contribution in [2.24, 2.45) is 7.05 Å². The fraction of sp³-hybridized carbons (Fsp3) is 0.647. The molecular formula is C17H26N6O2S. The number of imidazole rings is 1. The molecule has 0 bridgehead atoms. The van der Waals surface area contributed by atoms with Gasteiger partial charge in [0, 0.05) is 32.5 Å². The quantitative estimate of drug-likeness (QED) is 0.782. The van der Waals surface area contributed by atoms with Crippen molar-refractivity contribution in [3.8, 4) is 0 Å². The fourth-order valence-corrected chi connectivity index (χ4v) is 5.33. The number of likely N-dealkylation sites (tertiary alicyclic amines) is 1. The maximum Gasteiger partial charge on any atom is 0.262 e. The van der Waals surface area contributed by atoms with E-state index in [0.717, 1.165) is 31.7 Å². The molecule has 4 rings (SSSR count). The van der Waals surface area contributed by atoms with E-state index < -0.39 is 10.0 Å². The van der Waals surface area contributed by atoms with Crippen LogP contribution in [0.2, 0.25) is 0 Å². The van der Waals surface area contributed by atoms with Gasteiger partial charge in [-0.1, -0.05) is 6.42 Å². The van der Waals surface area contributed by atoms with Gasteiger partial charge < -0.3 is 9.47 Å². The largest absolute Gasteiger partial charge is 0.339 e. The summed E-state index contributed by atoms with van der Waals surface area (Å²) in [4.78, 5) is 6.54. The number of sulfonamides is 1. The van der Waals surface area contributed by atoms with Crippen molar-refractivity contribution < 1.29 is 8.42 Å². The van der Waals surface area contributed by atoms with Crippen molar-refractivity contribution >= 4 is 10.0 Å². The lowest BCUT2D eigenvalue weighted by Gasteiger charge is -2.34. The summed E-state index contributed by atoms with van der Waals surface area (Å²) in [6, 6.07) is 1.97. The number of aryl methyl sites for hydroxylation is 1. The van der Waals surface area contributed by atoms with Crippen LogP contribution in [0.25, 0.3) is 0 Å². The lowest BCUT2D eigenvalue weighted by Crippen LogP contribution is -2.42. The maximum atomic E-state index is 13.0. The van der Waals surface area contributed by atoms with Gasteiger partial charge in [-0.3, -0.25) is 4.68 Å². The van der Waals surface area contributed by atoms with Gasteiger partial charge in [0.05, 0.1) is 24.6 Å².